The molecule has 0 fully saturated rings. The minimum atomic E-state index is 0.271. The van der Waals surface area contributed by atoms with Crippen molar-refractivity contribution >= 4 is 11.4 Å². The van der Waals surface area contributed by atoms with Crippen LogP contribution in [-0.2, 0) is 6.42 Å². The number of hydrogen-bond acceptors (Lipinski definition) is 4. The van der Waals surface area contributed by atoms with E-state index in [1.807, 2.05) is 6.07 Å². The van der Waals surface area contributed by atoms with Crippen molar-refractivity contribution in [3.8, 4) is 11.8 Å². The van der Waals surface area contributed by atoms with Gasteiger partial charge in [0.15, 0.2) is 0 Å². The summed E-state index contributed by atoms with van der Waals surface area (Å²) in [5.41, 5.74) is 12.9. The lowest BCUT2D eigenvalue weighted by Gasteiger charge is -2.10. The maximum atomic E-state index is 8.52. The van der Waals surface area contributed by atoms with Crippen molar-refractivity contribution in [1.29, 1.82) is 5.26 Å². The number of hydrogen-bond donors (Lipinski definition) is 2. The Labute approximate surface area is 76.7 Å². The van der Waals surface area contributed by atoms with E-state index in [1.165, 1.54) is 7.11 Å². The first-order valence-corrected chi connectivity index (χ1v) is 3.78. The van der Waals surface area contributed by atoms with Crippen molar-refractivity contribution in [1.82, 2.24) is 0 Å². The average Bonchev–Trinajstić information content (AvgIpc) is 2.12. The second kappa shape index (κ2) is 3.68. The second-order valence-electron chi connectivity index (χ2n) is 2.60. The standard InChI is InChI=1S/C9H11N3O/c1-13-9-6(4-5-10)2-3-7(11)8(9)12/h2-3H,4,11-12H2,1H3. The van der Waals surface area contributed by atoms with Gasteiger partial charge in [-0.1, -0.05) is 6.07 Å². The molecule has 4 N–H and O–H groups in total. The van der Waals surface area contributed by atoms with E-state index in [9.17, 15) is 0 Å². The highest BCUT2D eigenvalue weighted by Crippen LogP contribution is 2.31. The predicted octanol–water partition coefficient (Wildman–Crippen LogP) is 0.926. The van der Waals surface area contributed by atoms with E-state index in [4.69, 9.17) is 21.5 Å². The Kier molecular flexibility index (Phi) is 2.60. The SMILES string of the molecule is COc1c(CC#N)ccc(N)c1N. The van der Waals surface area contributed by atoms with Crippen LogP contribution in [0.5, 0.6) is 5.75 Å². The zero-order valence-electron chi connectivity index (χ0n) is 7.37. The lowest BCUT2D eigenvalue weighted by atomic mass is 10.1. The molecule has 0 heterocycles. The molecule has 1 rings (SSSR count). The van der Waals surface area contributed by atoms with Gasteiger partial charge in [0.05, 0.1) is 31.0 Å². The van der Waals surface area contributed by atoms with Crippen LogP contribution in [0.3, 0.4) is 0 Å². The number of benzene rings is 1. The molecular formula is C9H11N3O. The second-order valence-corrected chi connectivity index (χ2v) is 2.60. The fourth-order valence-electron chi connectivity index (χ4n) is 1.13. The molecule has 68 valence electrons. The number of anilines is 2. The van der Waals surface area contributed by atoms with Crippen molar-refractivity contribution < 1.29 is 4.74 Å². The summed E-state index contributed by atoms with van der Waals surface area (Å²) in [6, 6.07) is 5.44. The summed E-state index contributed by atoms with van der Waals surface area (Å²) in [6.07, 6.45) is 0.271. The van der Waals surface area contributed by atoms with Gasteiger partial charge in [-0.25, -0.2) is 0 Å². The van der Waals surface area contributed by atoms with E-state index in [0.29, 0.717) is 17.1 Å². The number of methoxy groups -OCH3 is 1. The van der Waals surface area contributed by atoms with E-state index in [2.05, 4.69) is 0 Å². The lowest BCUT2D eigenvalue weighted by molar-refractivity contribution is 0.413. The molecule has 0 bridgehead atoms. The third-order valence-corrected chi connectivity index (χ3v) is 1.78. The fraction of sp³-hybridized carbons (Fsp3) is 0.222. The Morgan fingerprint density at radius 2 is 2.15 bits per heavy atom. The highest BCUT2D eigenvalue weighted by molar-refractivity contribution is 5.73. The number of nitrogen functional groups attached to an aromatic ring is 2. The maximum absolute atomic E-state index is 8.52. The number of nitriles is 1. The quantitative estimate of drug-likeness (QED) is 0.658. The molecule has 0 amide bonds. The van der Waals surface area contributed by atoms with Gasteiger partial charge in [0.1, 0.15) is 5.75 Å². The maximum Gasteiger partial charge on any atom is 0.148 e. The van der Waals surface area contributed by atoms with E-state index in [1.54, 1.807) is 12.1 Å². The van der Waals surface area contributed by atoms with E-state index < -0.39 is 0 Å². The summed E-state index contributed by atoms with van der Waals surface area (Å²) in [5, 5.41) is 8.52. The summed E-state index contributed by atoms with van der Waals surface area (Å²) in [5.74, 6) is 0.501. The molecule has 0 aliphatic heterocycles. The van der Waals surface area contributed by atoms with Gasteiger partial charge < -0.3 is 16.2 Å². The van der Waals surface area contributed by atoms with Crippen LogP contribution >= 0.6 is 0 Å². The van der Waals surface area contributed by atoms with Gasteiger partial charge in [0.25, 0.3) is 0 Å². The highest BCUT2D eigenvalue weighted by Gasteiger charge is 2.08. The molecule has 0 radical (unpaired) electrons. The molecule has 0 aliphatic carbocycles. The van der Waals surface area contributed by atoms with Crippen LogP contribution in [0.1, 0.15) is 5.56 Å². The molecule has 0 spiro atoms. The molecule has 0 aromatic heterocycles. The molecular weight excluding hydrogens is 166 g/mol. The van der Waals surface area contributed by atoms with Crippen LogP contribution in [0, 0.1) is 11.3 Å². The molecule has 4 heteroatoms. The van der Waals surface area contributed by atoms with Gasteiger partial charge >= 0.3 is 0 Å². The number of ether oxygens (including phenoxy) is 1. The van der Waals surface area contributed by atoms with Gasteiger partial charge in [-0.15, -0.1) is 0 Å². The lowest BCUT2D eigenvalue weighted by Crippen LogP contribution is -2.01. The van der Waals surface area contributed by atoms with Gasteiger partial charge in [-0.3, -0.25) is 0 Å². The van der Waals surface area contributed by atoms with Crippen molar-refractivity contribution in [2.45, 2.75) is 6.42 Å². The van der Waals surface area contributed by atoms with Crippen molar-refractivity contribution in [2.75, 3.05) is 18.6 Å². The summed E-state index contributed by atoms with van der Waals surface area (Å²) < 4.78 is 5.05. The Balaban J connectivity index is 3.23. The van der Waals surface area contributed by atoms with Gasteiger partial charge in [0.2, 0.25) is 0 Å². The summed E-state index contributed by atoms with van der Waals surface area (Å²) >= 11 is 0. The monoisotopic (exact) mass is 177 g/mol. The molecule has 0 saturated heterocycles. The first-order valence-electron chi connectivity index (χ1n) is 3.78. The van der Waals surface area contributed by atoms with E-state index in [0.717, 1.165) is 5.56 Å². The minimum Gasteiger partial charge on any atom is -0.494 e. The first kappa shape index (κ1) is 9.20. The zero-order valence-corrected chi connectivity index (χ0v) is 7.37. The van der Waals surface area contributed by atoms with Gasteiger partial charge in [0, 0.05) is 5.56 Å². The van der Waals surface area contributed by atoms with E-state index >= 15 is 0 Å². The number of nitrogens with zero attached hydrogens (tertiary/aromatic N) is 1. The largest absolute Gasteiger partial charge is 0.494 e. The van der Waals surface area contributed by atoms with Crippen molar-refractivity contribution in [3.05, 3.63) is 17.7 Å². The predicted molar refractivity (Wildman–Crippen MR) is 51.1 cm³/mol. The molecule has 4 nitrogen and oxygen atoms in total. The fourth-order valence-corrected chi connectivity index (χ4v) is 1.13. The van der Waals surface area contributed by atoms with Crippen LogP contribution in [0.4, 0.5) is 11.4 Å². The average molecular weight is 177 g/mol. The molecule has 0 aliphatic rings. The third kappa shape index (κ3) is 1.64. The molecule has 0 atom stereocenters. The van der Waals surface area contributed by atoms with Crippen molar-refractivity contribution in [3.63, 3.8) is 0 Å². The zero-order chi connectivity index (χ0) is 9.84. The van der Waals surface area contributed by atoms with Gasteiger partial charge in [-0.05, 0) is 6.07 Å². The molecule has 13 heavy (non-hydrogen) atoms. The Morgan fingerprint density at radius 1 is 1.46 bits per heavy atom. The topological polar surface area (TPSA) is 85.1 Å². The first-order chi connectivity index (χ1) is 6.20. The third-order valence-electron chi connectivity index (χ3n) is 1.78. The van der Waals surface area contributed by atoms with E-state index in [-0.39, 0.29) is 6.42 Å². The molecule has 1 aromatic rings. The smallest absolute Gasteiger partial charge is 0.148 e. The summed E-state index contributed by atoms with van der Waals surface area (Å²) in [7, 11) is 1.51. The highest BCUT2D eigenvalue weighted by atomic mass is 16.5. The summed E-state index contributed by atoms with van der Waals surface area (Å²) in [6.45, 7) is 0. The Morgan fingerprint density at radius 3 is 2.69 bits per heavy atom. The van der Waals surface area contributed by atoms with Crippen LogP contribution in [0.25, 0.3) is 0 Å². The van der Waals surface area contributed by atoms with Crippen molar-refractivity contribution in [2.24, 2.45) is 0 Å². The van der Waals surface area contributed by atoms with Crippen LogP contribution in [-0.4, -0.2) is 7.11 Å². The van der Waals surface area contributed by atoms with Gasteiger partial charge in [-0.2, -0.15) is 5.26 Å². The van der Waals surface area contributed by atoms with Crippen LogP contribution < -0.4 is 16.2 Å². The summed E-state index contributed by atoms with van der Waals surface area (Å²) in [4.78, 5) is 0. The Bertz CT molecular complexity index is 355. The molecule has 0 unspecified atom stereocenters. The molecule has 0 saturated carbocycles. The number of rotatable bonds is 2. The molecule has 1 aromatic carbocycles. The minimum absolute atomic E-state index is 0.271. The van der Waals surface area contributed by atoms with Crippen LogP contribution in [0.2, 0.25) is 0 Å². The normalized spacial score (nSPS) is 9.23. The Hall–Kier alpha value is -1.89. The van der Waals surface area contributed by atoms with Crippen LogP contribution in [0.15, 0.2) is 12.1 Å². The number of nitrogens with two attached hydrogens (primary N) is 2.